The lowest BCUT2D eigenvalue weighted by Gasteiger charge is -2.24. The SMILES string of the molecule is CC(C)(C)OC(=O)c1ccc(N2CCCCCC2)cc1N. The number of nitrogens with zero attached hydrogens (tertiary/aromatic N) is 1. The average Bonchev–Trinajstić information content (AvgIpc) is 2.65. The van der Waals surface area contributed by atoms with Crippen LogP contribution in [0, 0.1) is 0 Å². The highest BCUT2D eigenvalue weighted by Gasteiger charge is 2.20. The summed E-state index contributed by atoms with van der Waals surface area (Å²) in [4.78, 5) is 14.5. The van der Waals surface area contributed by atoms with Crippen molar-refractivity contribution in [3.8, 4) is 0 Å². The van der Waals surface area contributed by atoms with Crippen molar-refractivity contribution in [3.05, 3.63) is 23.8 Å². The van der Waals surface area contributed by atoms with Gasteiger partial charge in [0.15, 0.2) is 0 Å². The topological polar surface area (TPSA) is 55.6 Å². The van der Waals surface area contributed by atoms with E-state index in [1.54, 1.807) is 6.07 Å². The summed E-state index contributed by atoms with van der Waals surface area (Å²) in [7, 11) is 0. The number of nitrogens with two attached hydrogens (primary N) is 1. The fourth-order valence-corrected chi connectivity index (χ4v) is 2.59. The fraction of sp³-hybridized carbons (Fsp3) is 0.588. The summed E-state index contributed by atoms with van der Waals surface area (Å²) in [5, 5.41) is 0. The summed E-state index contributed by atoms with van der Waals surface area (Å²) in [6, 6.07) is 5.65. The quantitative estimate of drug-likeness (QED) is 0.668. The minimum atomic E-state index is -0.507. The van der Waals surface area contributed by atoms with Gasteiger partial charge >= 0.3 is 5.97 Å². The molecule has 0 radical (unpaired) electrons. The van der Waals surface area contributed by atoms with Crippen molar-refractivity contribution < 1.29 is 9.53 Å². The molecule has 0 aromatic heterocycles. The van der Waals surface area contributed by atoms with Crippen molar-refractivity contribution in [1.29, 1.82) is 0 Å². The monoisotopic (exact) mass is 290 g/mol. The smallest absolute Gasteiger partial charge is 0.340 e. The third-order valence-electron chi connectivity index (χ3n) is 3.63. The van der Waals surface area contributed by atoms with Gasteiger partial charge in [0.25, 0.3) is 0 Å². The van der Waals surface area contributed by atoms with Crippen LogP contribution in [0.3, 0.4) is 0 Å². The van der Waals surface area contributed by atoms with Gasteiger partial charge in [-0.2, -0.15) is 0 Å². The molecule has 2 N–H and O–H groups in total. The van der Waals surface area contributed by atoms with Gasteiger partial charge in [-0.3, -0.25) is 0 Å². The molecule has 0 amide bonds. The molecule has 1 aliphatic rings. The molecule has 0 saturated carbocycles. The normalized spacial score (nSPS) is 16.4. The molecule has 1 heterocycles. The maximum Gasteiger partial charge on any atom is 0.340 e. The minimum absolute atomic E-state index is 0.359. The maximum atomic E-state index is 12.1. The largest absolute Gasteiger partial charge is 0.456 e. The average molecular weight is 290 g/mol. The third kappa shape index (κ3) is 4.38. The first-order valence-corrected chi connectivity index (χ1v) is 7.75. The van der Waals surface area contributed by atoms with Crippen LogP contribution < -0.4 is 10.6 Å². The van der Waals surface area contributed by atoms with Crippen LogP contribution in [-0.4, -0.2) is 24.7 Å². The fourth-order valence-electron chi connectivity index (χ4n) is 2.59. The Hall–Kier alpha value is -1.71. The lowest BCUT2D eigenvalue weighted by atomic mass is 10.1. The van der Waals surface area contributed by atoms with Crippen LogP contribution in [0.2, 0.25) is 0 Å². The first-order valence-electron chi connectivity index (χ1n) is 7.75. The number of carbonyl (C=O) groups is 1. The molecule has 4 nitrogen and oxygen atoms in total. The number of nitrogen functional groups attached to an aromatic ring is 1. The maximum absolute atomic E-state index is 12.1. The Morgan fingerprint density at radius 2 is 1.76 bits per heavy atom. The van der Waals surface area contributed by atoms with Gasteiger partial charge in [-0.1, -0.05) is 12.8 Å². The number of esters is 1. The molecule has 1 aromatic rings. The number of hydrogen-bond acceptors (Lipinski definition) is 4. The van der Waals surface area contributed by atoms with Gasteiger partial charge in [0.1, 0.15) is 5.60 Å². The predicted octanol–water partition coefficient (Wildman–Crippen LogP) is 3.60. The van der Waals surface area contributed by atoms with E-state index in [2.05, 4.69) is 4.90 Å². The molecule has 1 saturated heterocycles. The zero-order valence-electron chi connectivity index (χ0n) is 13.3. The Morgan fingerprint density at radius 3 is 2.29 bits per heavy atom. The summed E-state index contributed by atoms with van der Waals surface area (Å²) in [6.07, 6.45) is 5.02. The summed E-state index contributed by atoms with van der Waals surface area (Å²) in [5.74, 6) is -0.359. The van der Waals surface area contributed by atoms with Gasteiger partial charge in [-0.15, -0.1) is 0 Å². The van der Waals surface area contributed by atoms with Crippen LogP contribution in [0.15, 0.2) is 18.2 Å². The lowest BCUT2D eigenvalue weighted by Crippen LogP contribution is -2.25. The van der Waals surface area contributed by atoms with Crippen LogP contribution in [-0.2, 0) is 4.74 Å². The molecule has 116 valence electrons. The predicted molar refractivity (Wildman–Crippen MR) is 86.7 cm³/mol. The van der Waals surface area contributed by atoms with E-state index in [4.69, 9.17) is 10.5 Å². The number of anilines is 2. The molecule has 0 atom stereocenters. The second kappa shape index (κ2) is 6.37. The molecular weight excluding hydrogens is 264 g/mol. The first-order chi connectivity index (χ1) is 9.87. The standard InChI is InChI=1S/C17H26N2O2/c1-17(2,3)21-16(20)14-9-8-13(12-15(14)18)19-10-6-4-5-7-11-19/h8-9,12H,4-7,10-11,18H2,1-3H3. The van der Waals surface area contributed by atoms with Crippen LogP contribution in [0.4, 0.5) is 11.4 Å². The van der Waals surface area contributed by atoms with Crippen molar-refractivity contribution in [2.45, 2.75) is 52.1 Å². The second-order valence-electron chi connectivity index (χ2n) is 6.67. The van der Waals surface area contributed by atoms with Crippen molar-refractivity contribution in [2.24, 2.45) is 0 Å². The molecule has 1 aromatic carbocycles. The van der Waals surface area contributed by atoms with E-state index < -0.39 is 5.60 Å². The van der Waals surface area contributed by atoms with Gasteiger partial charge in [-0.05, 0) is 51.8 Å². The summed E-state index contributed by atoms with van der Waals surface area (Å²) >= 11 is 0. The lowest BCUT2D eigenvalue weighted by molar-refractivity contribution is 0.00708. The van der Waals surface area contributed by atoms with Crippen molar-refractivity contribution >= 4 is 17.3 Å². The third-order valence-corrected chi connectivity index (χ3v) is 3.63. The molecule has 0 aliphatic carbocycles. The first kappa shape index (κ1) is 15.7. The highest BCUT2D eigenvalue weighted by molar-refractivity contribution is 5.96. The number of benzene rings is 1. The number of ether oxygens (including phenoxy) is 1. The minimum Gasteiger partial charge on any atom is -0.456 e. The van der Waals surface area contributed by atoms with Gasteiger partial charge in [0, 0.05) is 24.5 Å². The van der Waals surface area contributed by atoms with Crippen LogP contribution in [0.1, 0.15) is 56.8 Å². The van der Waals surface area contributed by atoms with Crippen LogP contribution >= 0.6 is 0 Å². The molecule has 1 fully saturated rings. The zero-order valence-corrected chi connectivity index (χ0v) is 13.3. The van der Waals surface area contributed by atoms with E-state index in [-0.39, 0.29) is 5.97 Å². The Labute approximate surface area is 127 Å². The number of carbonyl (C=O) groups excluding carboxylic acids is 1. The van der Waals surface area contributed by atoms with E-state index in [0.717, 1.165) is 18.8 Å². The van der Waals surface area contributed by atoms with Gasteiger partial charge in [0.2, 0.25) is 0 Å². The highest BCUT2D eigenvalue weighted by atomic mass is 16.6. The van der Waals surface area contributed by atoms with Crippen molar-refractivity contribution in [3.63, 3.8) is 0 Å². The summed E-state index contributed by atoms with van der Waals surface area (Å²) < 4.78 is 5.38. The van der Waals surface area contributed by atoms with E-state index in [1.807, 2.05) is 32.9 Å². The Bertz CT molecular complexity index is 498. The summed E-state index contributed by atoms with van der Waals surface area (Å²) in [6.45, 7) is 7.68. The molecule has 0 spiro atoms. The van der Waals surface area contributed by atoms with Gasteiger partial charge < -0.3 is 15.4 Å². The molecule has 21 heavy (non-hydrogen) atoms. The van der Waals surface area contributed by atoms with E-state index >= 15 is 0 Å². The second-order valence-corrected chi connectivity index (χ2v) is 6.67. The molecular formula is C17H26N2O2. The van der Waals surface area contributed by atoms with Crippen molar-refractivity contribution in [2.75, 3.05) is 23.7 Å². The van der Waals surface area contributed by atoms with Crippen molar-refractivity contribution in [1.82, 2.24) is 0 Å². The van der Waals surface area contributed by atoms with Crippen LogP contribution in [0.25, 0.3) is 0 Å². The van der Waals surface area contributed by atoms with E-state index in [9.17, 15) is 4.79 Å². The molecule has 4 heteroatoms. The molecule has 2 rings (SSSR count). The Balaban J connectivity index is 2.15. The van der Waals surface area contributed by atoms with E-state index in [1.165, 1.54) is 25.7 Å². The number of hydrogen-bond donors (Lipinski definition) is 1. The Morgan fingerprint density at radius 1 is 1.14 bits per heavy atom. The molecule has 1 aliphatic heterocycles. The zero-order chi connectivity index (χ0) is 15.5. The van der Waals surface area contributed by atoms with Gasteiger partial charge in [0.05, 0.1) is 5.56 Å². The Kier molecular flexibility index (Phi) is 4.76. The molecule has 0 bridgehead atoms. The van der Waals surface area contributed by atoms with E-state index in [0.29, 0.717) is 11.3 Å². The van der Waals surface area contributed by atoms with Gasteiger partial charge in [-0.25, -0.2) is 4.79 Å². The number of rotatable bonds is 2. The highest BCUT2D eigenvalue weighted by Crippen LogP contribution is 2.25. The van der Waals surface area contributed by atoms with Crippen LogP contribution in [0.5, 0.6) is 0 Å². The molecule has 0 unspecified atom stereocenters. The summed E-state index contributed by atoms with van der Waals surface area (Å²) in [5.41, 5.74) is 7.59.